The molecule has 2 N–H and O–H groups in total. The zero-order chi connectivity index (χ0) is 15.7. The molecule has 21 heavy (non-hydrogen) atoms. The molecule has 0 saturated carbocycles. The highest BCUT2D eigenvalue weighted by molar-refractivity contribution is 6.32. The van der Waals surface area contributed by atoms with Gasteiger partial charge < -0.3 is 15.1 Å². The number of amides is 1. The number of nitro benzene ring substituents is 1. The highest BCUT2D eigenvalue weighted by atomic mass is 35.5. The number of aliphatic carboxylic acids is 1. The summed E-state index contributed by atoms with van der Waals surface area (Å²) in [5, 5.41) is 29.3. The van der Waals surface area contributed by atoms with Gasteiger partial charge >= 0.3 is 5.97 Å². The molecule has 0 unspecified atom stereocenters. The van der Waals surface area contributed by atoms with Crippen LogP contribution in [0.2, 0.25) is 5.02 Å². The molecule has 0 radical (unpaired) electrons. The first-order chi connectivity index (χ1) is 9.81. The summed E-state index contributed by atoms with van der Waals surface area (Å²) in [6.45, 7) is -0.133. The van der Waals surface area contributed by atoms with Crippen molar-refractivity contribution in [1.82, 2.24) is 4.90 Å². The summed E-state index contributed by atoms with van der Waals surface area (Å²) in [5.74, 6) is -1.93. The molecule has 2 rings (SSSR count). The summed E-state index contributed by atoms with van der Waals surface area (Å²) in [5.41, 5.74) is -0.486. The van der Waals surface area contributed by atoms with Crippen molar-refractivity contribution in [3.63, 3.8) is 0 Å². The number of carbonyl (C=O) groups is 2. The molecule has 1 fully saturated rings. The van der Waals surface area contributed by atoms with E-state index < -0.39 is 34.6 Å². The Morgan fingerprint density at radius 2 is 2.10 bits per heavy atom. The van der Waals surface area contributed by atoms with E-state index in [1.807, 2.05) is 0 Å². The van der Waals surface area contributed by atoms with Crippen LogP contribution in [-0.4, -0.2) is 50.6 Å². The fraction of sp³-hybridized carbons (Fsp3) is 0.333. The summed E-state index contributed by atoms with van der Waals surface area (Å²) >= 11 is 5.66. The van der Waals surface area contributed by atoms with E-state index in [2.05, 4.69) is 0 Å². The molecule has 0 aliphatic carbocycles. The first-order valence-corrected chi connectivity index (χ1v) is 6.35. The predicted molar refractivity (Wildman–Crippen MR) is 71.2 cm³/mol. The molecule has 0 spiro atoms. The lowest BCUT2D eigenvalue weighted by atomic mass is 10.1. The van der Waals surface area contributed by atoms with E-state index in [4.69, 9.17) is 16.7 Å². The molecule has 1 aliphatic rings. The molecular weight excluding hydrogens is 304 g/mol. The lowest BCUT2D eigenvalue weighted by Gasteiger charge is -2.21. The van der Waals surface area contributed by atoms with Gasteiger partial charge in [0.15, 0.2) is 0 Å². The smallest absolute Gasteiger partial charge is 0.326 e. The molecular formula is C12H11ClN2O6. The Bertz CT molecular complexity index is 620. The fourth-order valence-corrected chi connectivity index (χ4v) is 2.41. The summed E-state index contributed by atoms with van der Waals surface area (Å²) in [6.07, 6.45) is -1.01. The largest absolute Gasteiger partial charge is 0.480 e. The van der Waals surface area contributed by atoms with Crippen LogP contribution >= 0.6 is 11.6 Å². The summed E-state index contributed by atoms with van der Waals surface area (Å²) < 4.78 is 0. The number of halogens is 1. The van der Waals surface area contributed by atoms with Crippen molar-refractivity contribution in [2.24, 2.45) is 0 Å². The fourth-order valence-electron chi connectivity index (χ4n) is 2.22. The number of β-amino-alcohol motifs (C(OH)–C–C–N with tert-alkyl or cyclic N) is 1. The van der Waals surface area contributed by atoms with Crippen LogP contribution in [0.5, 0.6) is 0 Å². The number of aliphatic hydroxyl groups excluding tert-OH is 1. The molecule has 0 aromatic heterocycles. The monoisotopic (exact) mass is 314 g/mol. The standard InChI is InChI=1S/C12H11ClN2O6/c13-8-2-1-6(3-9(8)15(20)21)11(17)14-5-7(16)4-10(14)12(18)19/h1-3,7,10,16H,4-5H2,(H,18,19)/t7-,10-/m0/s1. The number of aliphatic hydroxyl groups is 1. The van der Waals surface area contributed by atoms with Crippen LogP contribution in [0.3, 0.4) is 0 Å². The third-order valence-corrected chi connectivity index (χ3v) is 3.53. The average Bonchev–Trinajstić information content (AvgIpc) is 2.80. The Hall–Kier alpha value is -2.19. The van der Waals surface area contributed by atoms with Crippen LogP contribution < -0.4 is 0 Å². The quantitative estimate of drug-likeness (QED) is 0.631. The van der Waals surface area contributed by atoms with Gasteiger partial charge in [0.05, 0.1) is 11.0 Å². The molecule has 0 bridgehead atoms. The normalized spacial score (nSPS) is 21.3. The van der Waals surface area contributed by atoms with E-state index in [0.717, 1.165) is 11.0 Å². The van der Waals surface area contributed by atoms with Crippen LogP contribution in [-0.2, 0) is 4.79 Å². The maximum atomic E-state index is 12.3. The van der Waals surface area contributed by atoms with Gasteiger partial charge in [-0.25, -0.2) is 4.79 Å². The van der Waals surface area contributed by atoms with Gasteiger partial charge in [-0.1, -0.05) is 11.6 Å². The lowest BCUT2D eigenvalue weighted by Crippen LogP contribution is -2.40. The van der Waals surface area contributed by atoms with E-state index in [0.29, 0.717) is 0 Å². The van der Waals surface area contributed by atoms with Gasteiger partial charge in [0.1, 0.15) is 11.1 Å². The third kappa shape index (κ3) is 2.96. The van der Waals surface area contributed by atoms with Crippen LogP contribution in [0.15, 0.2) is 18.2 Å². The molecule has 112 valence electrons. The van der Waals surface area contributed by atoms with E-state index in [1.165, 1.54) is 12.1 Å². The third-order valence-electron chi connectivity index (χ3n) is 3.21. The number of likely N-dealkylation sites (tertiary alicyclic amines) is 1. The second kappa shape index (κ2) is 5.66. The second-order valence-corrected chi connectivity index (χ2v) is 5.03. The lowest BCUT2D eigenvalue weighted by molar-refractivity contribution is -0.384. The molecule has 8 nitrogen and oxygen atoms in total. The number of rotatable bonds is 3. The van der Waals surface area contributed by atoms with Crippen LogP contribution in [0.1, 0.15) is 16.8 Å². The maximum Gasteiger partial charge on any atom is 0.326 e. The summed E-state index contributed by atoms with van der Waals surface area (Å²) in [6, 6.07) is 2.33. The molecule has 1 aromatic rings. The van der Waals surface area contributed by atoms with Gasteiger partial charge in [-0.3, -0.25) is 14.9 Å². The summed E-state index contributed by atoms with van der Waals surface area (Å²) in [4.78, 5) is 34.4. The van der Waals surface area contributed by atoms with Crippen LogP contribution in [0.25, 0.3) is 0 Å². The van der Waals surface area contributed by atoms with E-state index in [1.54, 1.807) is 0 Å². The van der Waals surface area contributed by atoms with Crippen molar-refractivity contribution in [1.29, 1.82) is 0 Å². The molecule has 1 amide bonds. The van der Waals surface area contributed by atoms with Gasteiger partial charge in [-0.2, -0.15) is 0 Å². The highest BCUT2D eigenvalue weighted by Crippen LogP contribution is 2.27. The average molecular weight is 315 g/mol. The zero-order valence-corrected chi connectivity index (χ0v) is 11.4. The van der Waals surface area contributed by atoms with E-state index in [-0.39, 0.29) is 23.6 Å². The molecule has 1 saturated heterocycles. The number of carboxylic acid groups (broad SMARTS) is 1. The molecule has 1 heterocycles. The second-order valence-electron chi connectivity index (χ2n) is 4.62. The Morgan fingerprint density at radius 3 is 2.67 bits per heavy atom. The predicted octanol–water partition coefficient (Wildman–Crippen LogP) is 0.908. The van der Waals surface area contributed by atoms with Crippen molar-refractivity contribution in [3.8, 4) is 0 Å². The van der Waals surface area contributed by atoms with Crippen molar-refractivity contribution >= 4 is 29.2 Å². The van der Waals surface area contributed by atoms with Gasteiger partial charge in [0.2, 0.25) is 0 Å². The number of carbonyl (C=O) groups excluding carboxylic acids is 1. The minimum Gasteiger partial charge on any atom is -0.480 e. The van der Waals surface area contributed by atoms with E-state index in [9.17, 15) is 24.8 Å². The Morgan fingerprint density at radius 1 is 1.43 bits per heavy atom. The Balaban J connectivity index is 2.33. The SMILES string of the molecule is O=C(O)[C@@H]1C[C@H](O)CN1C(=O)c1ccc(Cl)c([N+](=O)[O-])c1. The number of hydrogen-bond acceptors (Lipinski definition) is 5. The first kappa shape index (κ1) is 15.2. The van der Waals surface area contributed by atoms with Gasteiger partial charge in [0, 0.05) is 24.6 Å². The van der Waals surface area contributed by atoms with Crippen molar-refractivity contribution < 1.29 is 24.7 Å². The summed E-state index contributed by atoms with van der Waals surface area (Å²) in [7, 11) is 0. The number of hydrogen-bond donors (Lipinski definition) is 2. The Labute approximate surface area is 123 Å². The molecule has 1 aliphatic heterocycles. The van der Waals surface area contributed by atoms with Crippen molar-refractivity contribution in [2.75, 3.05) is 6.54 Å². The first-order valence-electron chi connectivity index (χ1n) is 5.97. The minimum absolute atomic E-state index is 0.0496. The topological polar surface area (TPSA) is 121 Å². The highest BCUT2D eigenvalue weighted by Gasteiger charge is 2.39. The Kier molecular flexibility index (Phi) is 4.10. The van der Waals surface area contributed by atoms with Gasteiger partial charge in [0.25, 0.3) is 11.6 Å². The van der Waals surface area contributed by atoms with Crippen molar-refractivity contribution in [3.05, 3.63) is 38.9 Å². The number of nitro groups is 1. The molecule has 1 aromatic carbocycles. The number of carboxylic acids is 1. The van der Waals surface area contributed by atoms with Crippen LogP contribution in [0.4, 0.5) is 5.69 Å². The zero-order valence-electron chi connectivity index (χ0n) is 10.6. The van der Waals surface area contributed by atoms with Crippen LogP contribution in [0, 0.1) is 10.1 Å². The van der Waals surface area contributed by atoms with Crippen molar-refractivity contribution in [2.45, 2.75) is 18.6 Å². The molecule has 2 atom stereocenters. The number of nitrogens with zero attached hydrogens (tertiary/aromatic N) is 2. The van der Waals surface area contributed by atoms with E-state index >= 15 is 0 Å². The number of benzene rings is 1. The minimum atomic E-state index is -1.23. The molecule has 9 heteroatoms. The van der Waals surface area contributed by atoms with Gasteiger partial charge in [-0.15, -0.1) is 0 Å². The van der Waals surface area contributed by atoms with Gasteiger partial charge in [-0.05, 0) is 12.1 Å². The maximum absolute atomic E-state index is 12.3.